The molecule has 0 aromatic rings. The largest absolute Gasteiger partial charge is 0.376 e. The second-order valence-corrected chi connectivity index (χ2v) is 4.42. The molecule has 0 aromatic carbocycles. The molecule has 0 saturated heterocycles. The summed E-state index contributed by atoms with van der Waals surface area (Å²) in [6.07, 6.45) is 4.44. The van der Waals surface area contributed by atoms with E-state index in [1.54, 1.807) is 0 Å². The van der Waals surface area contributed by atoms with Crippen molar-refractivity contribution in [2.45, 2.75) is 58.3 Å². The number of likely N-dealkylation sites (N-methyl/N-ethyl adjacent to an activating group) is 1. The second kappa shape index (κ2) is 7.20. The van der Waals surface area contributed by atoms with Crippen LogP contribution in [0.1, 0.15) is 40.0 Å². The Morgan fingerprint density at radius 3 is 2.73 bits per heavy atom. The molecule has 15 heavy (non-hydrogen) atoms. The maximum atomic E-state index is 5.83. The lowest BCUT2D eigenvalue weighted by Crippen LogP contribution is -2.37. The van der Waals surface area contributed by atoms with Gasteiger partial charge >= 0.3 is 0 Å². The van der Waals surface area contributed by atoms with Crippen molar-refractivity contribution in [3.63, 3.8) is 0 Å². The highest BCUT2D eigenvalue weighted by Crippen LogP contribution is 2.21. The Bertz CT molecular complexity index is 162. The minimum absolute atomic E-state index is 0.307. The van der Waals surface area contributed by atoms with Crippen LogP contribution in [0.4, 0.5) is 0 Å². The molecule has 2 unspecified atom stereocenters. The molecule has 0 aliphatic heterocycles. The molecule has 0 bridgehead atoms. The van der Waals surface area contributed by atoms with E-state index in [9.17, 15) is 0 Å². The Hall–Kier alpha value is -0.120. The molecule has 0 radical (unpaired) electrons. The van der Waals surface area contributed by atoms with Crippen molar-refractivity contribution in [3.8, 4) is 0 Å². The second-order valence-electron chi connectivity index (χ2n) is 4.42. The first-order chi connectivity index (χ1) is 7.24. The van der Waals surface area contributed by atoms with Crippen molar-refractivity contribution in [1.29, 1.82) is 0 Å². The van der Waals surface area contributed by atoms with Crippen LogP contribution >= 0.6 is 0 Å². The van der Waals surface area contributed by atoms with Gasteiger partial charge in [-0.2, -0.15) is 0 Å². The molecule has 1 fully saturated rings. The van der Waals surface area contributed by atoms with Gasteiger partial charge in [-0.15, -0.1) is 0 Å². The average molecular weight is 215 g/mol. The van der Waals surface area contributed by atoms with Gasteiger partial charge in [0.1, 0.15) is 0 Å². The van der Waals surface area contributed by atoms with Crippen LogP contribution < -0.4 is 5.32 Å². The minimum atomic E-state index is 0.307. The van der Waals surface area contributed by atoms with Crippen molar-refractivity contribution < 1.29 is 9.47 Å². The Morgan fingerprint density at radius 1 is 1.27 bits per heavy atom. The molecule has 1 aliphatic carbocycles. The van der Waals surface area contributed by atoms with Gasteiger partial charge in [-0.05, 0) is 39.7 Å². The molecular formula is C12H25NO2. The lowest BCUT2D eigenvalue weighted by Gasteiger charge is -2.21. The van der Waals surface area contributed by atoms with Gasteiger partial charge in [0.15, 0.2) is 0 Å². The molecule has 2 atom stereocenters. The summed E-state index contributed by atoms with van der Waals surface area (Å²) < 4.78 is 11.3. The summed E-state index contributed by atoms with van der Waals surface area (Å²) in [4.78, 5) is 0. The van der Waals surface area contributed by atoms with E-state index < -0.39 is 0 Å². The zero-order valence-electron chi connectivity index (χ0n) is 10.3. The van der Waals surface area contributed by atoms with Crippen LogP contribution in [0, 0.1) is 0 Å². The quantitative estimate of drug-likeness (QED) is 0.659. The van der Waals surface area contributed by atoms with Gasteiger partial charge in [0, 0.05) is 6.04 Å². The van der Waals surface area contributed by atoms with Gasteiger partial charge < -0.3 is 14.8 Å². The number of hydrogen-bond acceptors (Lipinski definition) is 3. The van der Waals surface area contributed by atoms with Crippen LogP contribution in [0.25, 0.3) is 0 Å². The fourth-order valence-corrected chi connectivity index (χ4v) is 2.10. The van der Waals surface area contributed by atoms with Gasteiger partial charge in [-0.25, -0.2) is 0 Å². The fourth-order valence-electron chi connectivity index (χ4n) is 2.10. The maximum Gasteiger partial charge on any atom is 0.0729 e. The lowest BCUT2D eigenvalue weighted by molar-refractivity contribution is -0.0180. The third kappa shape index (κ3) is 4.96. The van der Waals surface area contributed by atoms with Gasteiger partial charge in [-0.1, -0.05) is 6.92 Å². The molecule has 0 spiro atoms. The number of nitrogens with one attached hydrogen (secondary N) is 1. The standard InChI is InChI=1S/C12H25NO2/c1-4-13-11-6-5-7-12(11)15-9-8-14-10(2)3/h10-13H,4-9H2,1-3H3. The maximum absolute atomic E-state index is 5.83. The summed E-state index contributed by atoms with van der Waals surface area (Å²) in [6.45, 7) is 8.73. The van der Waals surface area contributed by atoms with Gasteiger partial charge in [0.2, 0.25) is 0 Å². The Labute approximate surface area is 93.5 Å². The summed E-state index contributed by atoms with van der Waals surface area (Å²) in [6, 6.07) is 0.564. The molecule has 1 N–H and O–H groups in total. The zero-order valence-corrected chi connectivity index (χ0v) is 10.3. The molecule has 1 aliphatic rings. The molecule has 0 aromatic heterocycles. The fraction of sp³-hybridized carbons (Fsp3) is 1.00. The Kier molecular flexibility index (Phi) is 6.22. The molecule has 3 nitrogen and oxygen atoms in total. The van der Waals surface area contributed by atoms with E-state index in [4.69, 9.17) is 9.47 Å². The Balaban J connectivity index is 2.09. The molecule has 0 amide bonds. The van der Waals surface area contributed by atoms with Gasteiger partial charge in [-0.3, -0.25) is 0 Å². The van der Waals surface area contributed by atoms with Gasteiger partial charge in [0.25, 0.3) is 0 Å². The molecule has 1 saturated carbocycles. The highest BCUT2D eigenvalue weighted by molar-refractivity contribution is 4.83. The number of rotatable bonds is 7. The van der Waals surface area contributed by atoms with Crippen LogP contribution in [0.15, 0.2) is 0 Å². The van der Waals surface area contributed by atoms with E-state index in [2.05, 4.69) is 26.1 Å². The van der Waals surface area contributed by atoms with Crippen molar-refractivity contribution in [2.24, 2.45) is 0 Å². The minimum Gasteiger partial charge on any atom is -0.376 e. The summed E-state index contributed by atoms with van der Waals surface area (Å²) in [5.41, 5.74) is 0. The summed E-state index contributed by atoms with van der Waals surface area (Å²) >= 11 is 0. The Morgan fingerprint density at radius 2 is 2.07 bits per heavy atom. The molecular weight excluding hydrogens is 190 g/mol. The van der Waals surface area contributed by atoms with Crippen molar-refractivity contribution in [1.82, 2.24) is 5.32 Å². The van der Waals surface area contributed by atoms with E-state index in [0.717, 1.165) is 13.2 Å². The first-order valence-corrected chi connectivity index (χ1v) is 6.20. The summed E-state index contributed by atoms with van der Waals surface area (Å²) in [5.74, 6) is 0. The first kappa shape index (κ1) is 12.9. The number of ether oxygens (including phenoxy) is 2. The highest BCUT2D eigenvalue weighted by Gasteiger charge is 2.26. The summed E-state index contributed by atoms with van der Waals surface area (Å²) in [7, 11) is 0. The topological polar surface area (TPSA) is 30.5 Å². The normalized spacial score (nSPS) is 26.4. The third-order valence-corrected chi connectivity index (χ3v) is 2.79. The van der Waals surface area contributed by atoms with Crippen LogP contribution in [0.3, 0.4) is 0 Å². The van der Waals surface area contributed by atoms with Crippen LogP contribution in [-0.4, -0.2) is 38.0 Å². The first-order valence-electron chi connectivity index (χ1n) is 6.20. The van der Waals surface area contributed by atoms with E-state index in [1.165, 1.54) is 19.3 Å². The predicted octanol–water partition coefficient (Wildman–Crippen LogP) is 1.96. The zero-order chi connectivity index (χ0) is 11.1. The smallest absolute Gasteiger partial charge is 0.0729 e. The van der Waals surface area contributed by atoms with Crippen LogP contribution in [-0.2, 0) is 9.47 Å². The molecule has 1 rings (SSSR count). The van der Waals surface area contributed by atoms with Crippen molar-refractivity contribution in [2.75, 3.05) is 19.8 Å². The SMILES string of the molecule is CCNC1CCCC1OCCOC(C)C. The lowest BCUT2D eigenvalue weighted by atomic mass is 10.2. The van der Waals surface area contributed by atoms with E-state index in [0.29, 0.717) is 24.9 Å². The van der Waals surface area contributed by atoms with Crippen LogP contribution in [0.5, 0.6) is 0 Å². The summed E-state index contributed by atoms with van der Waals surface area (Å²) in [5, 5.41) is 3.48. The third-order valence-electron chi connectivity index (χ3n) is 2.79. The monoisotopic (exact) mass is 215 g/mol. The molecule has 90 valence electrons. The van der Waals surface area contributed by atoms with E-state index in [1.807, 2.05) is 0 Å². The predicted molar refractivity (Wildman–Crippen MR) is 62.1 cm³/mol. The van der Waals surface area contributed by atoms with Gasteiger partial charge in [0.05, 0.1) is 25.4 Å². The van der Waals surface area contributed by atoms with Crippen LogP contribution in [0.2, 0.25) is 0 Å². The average Bonchev–Trinajstić information content (AvgIpc) is 2.61. The van der Waals surface area contributed by atoms with E-state index >= 15 is 0 Å². The van der Waals surface area contributed by atoms with Crippen molar-refractivity contribution >= 4 is 0 Å². The molecule has 0 heterocycles. The van der Waals surface area contributed by atoms with Crippen molar-refractivity contribution in [3.05, 3.63) is 0 Å². The number of hydrogen-bond donors (Lipinski definition) is 1. The molecule has 3 heteroatoms. The highest BCUT2D eigenvalue weighted by atomic mass is 16.5. The van der Waals surface area contributed by atoms with E-state index in [-0.39, 0.29) is 0 Å².